The minimum atomic E-state index is 0.118. The third-order valence-corrected chi connectivity index (χ3v) is 3.89. The summed E-state index contributed by atoms with van der Waals surface area (Å²) < 4.78 is 1.12. The number of halogens is 1. The van der Waals surface area contributed by atoms with Gasteiger partial charge in [0, 0.05) is 15.8 Å². The van der Waals surface area contributed by atoms with Crippen molar-refractivity contribution in [3.8, 4) is 0 Å². The second kappa shape index (κ2) is 5.71. The van der Waals surface area contributed by atoms with Crippen LogP contribution in [0.25, 0.3) is 5.70 Å². The Balaban J connectivity index is 2.52. The Morgan fingerprint density at radius 2 is 1.94 bits per heavy atom. The fourth-order valence-corrected chi connectivity index (χ4v) is 2.90. The molecule has 0 saturated carbocycles. The highest BCUT2D eigenvalue weighted by atomic mass is 127. The van der Waals surface area contributed by atoms with E-state index < -0.39 is 0 Å². The molecule has 0 aliphatic carbocycles. The first-order chi connectivity index (χ1) is 8.65. The molecule has 0 fully saturated rings. The summed E-state index contributed by atoms with van der Waals surface area (Å²) in [4.78, 5) is 2.09. The van der Waals surface area contributed by atoms with Gasteiger partial charge >= 0.3 is 0 Å². The molecule has 2 nitrogen and oxygen atoms in total. The summed E-state index contributed by atoms with van der Waals surface area (Å²) in [5.41, 5.74) is 4.44. The van der Waals surface area contributed by atoms with Crippen LogP contribution in [-0.4, -0.2) is 23.2 Å². The van der Waals surface area contributed by atoms with Crippen molar-refractivity contribution in [3.05, 3.63) is 63.4 Å². The Bertz CT molecular complexity index is 517. The first kappa shape index (κ1) is 13.4. The fraction of sp³-hybridized carbons (Fsp3) is 0.200. The Kier molecular flexibility index (Phi) is 4.24. The molecule has 1 aromatic carbocycles. The summed E-state index contributed by atoms with van der Waals surface area (Å²) >= 11 is 2.29. The average Bonchev–Trinajstić information content (AvgIpc) is 2.37. The summed E-state index contributed by atoms with van der Waals surface area (Å²) in [5.74, 6) is 0. The van der Waals surface area contributed by atoms with Gasteiger partial charge in [-0.15, -0.1) is 0 Å². The molecule has 0 spiro atoms. The summed E-state index contributed by atoms with van der Waals surface area (Å²) in [6, 6.07) is 10.2. The second-order valence-corrected chi connectivity index (χ2v) is 5.37. The van der Waals surface area contributed by atoms with Gasteiger partial charge < -0.3 is 10.0 Å². The predicted molar refractivity (Wildman–Crippen MR) is 84.1 cm³/mol. The Morgan fingerprint density at radius 1 is 1.28 bits per heavy atom. The maximum absolute atomic E-state index is 9.25. The van der Waals surface area contributed by atoms with Crippen LogP contribution < -0.4 is 0 Å². The van der Waals surface area contributed by atoms with Crippen LogP contribution in [0.4, 0.5) is 0 Å². The summed E-state index contributed by atoms with van der Waals surface area (Å²) in [7, 11) is 0. The minimum absolute atomic E-state index is 0.118. The average molecular weight is 353 g/mol. The number of β-amino-alcohol motifs (C(OH)–C–C–N with tert-alkyl or cyclic N) is 1. The van der Waals surface area contributed by atoms with Crippen molar-refractivity contribution in [3.63, 3.8) is 0 Å². The molecule has 0 saturated heterocycles. The molecule has 1 heterocycles. The monoisotopic (exact) mass is 353 g/mol. The van der Waals surface area contributed by atoms with Crippen LogP contribution >= 0.6 is 22.6 Å². The van der Waals surface area contributed by atoms with Crippen LogP contribution in [0, 0.1) is 0 Å². The zero-order chi connectivity index (χ0) is 13.1. The molecule has 1 aliphatic rings. The number of aliphatic hydroxyl groups excluding tert-OH is 1. The number of hydrogen-bond acceptors (Lipinski definition) is 2. The number of hydrogen-bond donors (Lipinski definition) is 1. The quantitative estimate of drug-likeness (QED) is 0.840. The topological polar surface area (TPSA) is 23.5 Å². The normalized spacial score (nSPS) is 16.1. The van der Waals surface area contributed by atoms with E-state index in [2.05, 4.69) is 59.2 Å². The van der Waals surface area contributed by atoms with Crippen molar-refractivity contribution in [1.29, 1.82) is 0 Å². The molecule has 0 unspecified atom stereocenters. The van der Waals surface area contributed by atoms with E-state index in [9.17, 15) is 5.11 Å². The van der Waals surface area contributed by atoms with Crippen LogP contribution in [0.2, 0.25) is 0 Å². The van der Waals surface area contributed by atoms with Crippen LogP contribution in [0.3, 0.4) is 0 Å². The van der Waals surface area contributed by atoms with Gasteiger partial charge in [-0.3, -0.25) is 0 Å². The predicted octanol–water partition coefficient (Wildman–Crippen LogP) is 3.56. The second-order valence-electron chi connectivity index (χ2n) is 4.21. The van der Waals surface area contributed by atoms with Crippen molar-refractivity contribution in [1.82, 2.24) is 4.90 Å². The lowest BCUT2D eigenvalue weighted by Crippen LogP contribution is -2.27. The summed E-state index contributed by atoms with van der Waals surface area (Å²) in [6.45, 7) is 6.89. The van der Waals surface area contributed by atoms with E-state index in [-0.39, 0.29) is 6.61 Å². The molecule has 0 radical (unpaired) electrons. The van der Waals surface area contributed by atoms with Gasteiger partial charge in [0.1, 0.15) is 0 Å². The smallest absolute Gasteiger partial charge is 0.0610 e. The van der Waals surface area contributed by atoms with Gasteiger partial charge in [-0.05, 0) is 46.7 Å². The van der Waals surface area contributed by atoms with Crippen LogP contribution in [0.5, 0.6) is 0 Å². The standard InChI is InChI=1S/C15H16INO/c1-11-10-14(16)12(2)17(8-9-18)15(11)13-6-4-3-5-7-13/h3-7,10,18H,2,8-9H2,1H3. The van der Waals surface area contributed by atoms with Gasteiger partial charge in [0.25, 0.3) is 0 Å². The van der Waals surface area contributed by atoms with E-state index in [1.807, 2.05) is 18.2 Å². The first-order valence-corrected chi connectivity index (χ1v) is 6.94. The molecule has 1 aromatic rings. The van der Waals surface area contributed by atoms with E-state index >= 15 is 0 Å². The largest absolute Gasteiger partial charge is 0.395 e. The molecule has 18 heavy (non-hydrogen) atoms. The third-order valence-electron chi connectivity index (χ3n) is 2.96. The van der Waals surface area contributed by atoms with E-state index in [1.54, 1.807) is 0 Å². The van der Waals surface area contributed by atoms with Crippen molar-refractivity contribution in [2.75, 3.05) is 13.2 Å². The lowest BCUT2D eigenvalue weighted by Gasteiger charge is -2.33. The van der Waals surface area contributed by atoms with Gasteiger partial charge in [-0.1, -0.05) is 36.9 Å². The lowest BCUT2D eigenvalue weighted by molar-refractivity contribution is 0.263. The third kappa shape index (κ3) is 2.52. The van der Waals surface area contributed by atoms with Gasteiger partial charge in [0.15, 0.2) is 0 Å². The van der Waals surface area contributed by atoms with Gasteiger partial charge in [0.05, 0.1) is 12.3 Å². The zero-order valence-corrected chi connectivity index (χ0v) is 12.5. The van der Waals surface area contributed by atoms with Crippen molar-refractivity contribution in [2.45, 2.75) is 6.92 Å². The number of allylic oxidation sites excluding steroid dienone is 3. The molecular formula is C15H16INO. The number of rotatable bonds is 3. The van der Waals surface area contributed by atoms with Crippen LogP contribution in [-0.2, 0) is 0 Å². The molecule has 0 bridgehead atoms. The van der Waals surface area contributed by atoms with E-state index in [0.717, 1.165) is 20.5 Å². The Morgan fingerprint density at radius 3 is 2.56 bits per heavy atom. The maximum atomic E-state index is 9.25. The Labute approximate surface area is 121 Å². The van der Waals surface area contributed by atoms with Crippen molar-refractivity contribution >= 4 is 28.3 Å². The van der Waals surface area contributed by atoms with Gasteiger partial charge in [-0.25, -0.2) is 0 Å². The molecule has 3 heteroatoms. The summed E-state index contributed by atoms with van der Waals surface area (Å²) in [5, 5.41) is 9.25. The lowest BCUT2D eigenvalue weighted by atomic mass is 10.0. The minimum Gasteiger partial charge on any atom is -0.395 e. The molecule has 94 valence electrons. The SMILES string of the molecule is C=C1C(I)=CC(C)=C(c2ccccc2)N1CCO. The van der Waals surface area contributed by atoms with Gasteiger partial charge in [-0.2, -0.15) is 0 Å². The molecule has 0 aromatic heterocycles. The Hall–Kier alpha value is -1.07. The first-order valence-electron chi connectivity index (χ1n) is 5.86. The molecule has 1 aliphatic heterocycles. The highest BCUT2D eigenvalue weighted by molar-refractivity contribution is 14.1. The highest BCUT2D eigenvalue weighted by Gasteiger charge is 2.22. The van der Waals surface area contributed by atoms with Crippen LogP contribution in [0.15, 0.2) is 57.8 Å². The number of nitrogens with zero attached hydrogens (tertiary/aromatic N) is 1. The molecule has 0 atom stereocenters. The fourth-order valence-electron chi connectivity index (χ4n) is 2.14. The maximum Gasteiger partial charge on any atom is 0.0610 e. The van der Waals surface area contributed by atoms with E-state index in [0.29, 0.717) is 6.54 Å². The number of aliphatic hydroxyl groups is 1. The molecule has 1 N–H and O–H groups in total. The van der Waals surface area contributed by atoms with Crippen molar-refractivity contribution < 1.29 is 5.11 Å². The van der Waals surface area contributed by atoms with E-state index in [4.69, 9.17) is 0 Å². The number of benzene rings is 1. The summed E-state index contributed by atoms with van der Waals surface area (Å²) in [6.07, 6.45) is 2.14. The zero-order valence-electron chi connectivity index (χ0n) is 10.4. The molecular weight excluding hydrogens is 337 g/mol. The van der Waals surface area contributed by atoms with Gasteiger partial charge in [0.2, 0.25) is 0 Å². The van der Waals surface area contributed by atoms with Crippen molar-refractivity contribution in [2.24, 2.45) is 0 Å². The molecule has 0 amide bonds. The van der Waals surface area contributed by atoms with E-state index in [1.165, 1.54) is 5.57 Å². The highest BCUT2D eigenvalue weighted by Crippen LogP contribution is 2.36. The molecule has 2 rings (SSSR count). The van der Waals surface area contributed by atoms with Crippen LogP contribution in [0.1, 0.15) is 12.5 Å².